The van der Waals surface area contributed by atoms with Crippen LogP contribution in [0.1, 0.15) is 49.2 Å². The maximum Gasteiger partial charge on any atom is 0.492 e. The lowest BCUT2D eigenvalue weighted by molar-refractivity contribution is -0.138. The standard InChI is InChI=1S/C17H20BF3O5/c1-15(2)16(3,4)26-18(25-15)11(9-22)7-10-5-6-12(14(23)24)13(8-10)17(19,20)21/h5-8,22H,9H2,1-4H3,(H,23,24). The van der Waals surface area contributed by atoms with Crippen molar-refractivity contribution in [3.8, 4) is 0 Å². The van der Waals surface area contributed by atoms with Crippen LogP contribution in [0.15, 0.2) is 23.7 Å². The van der Waals surface area contributed by atoms with E-state index in [0.717, 1.165) is 12.1 Å². The van der Waals surface area contributed by atoms with Gasteiger partial charge in [0.05, 0.1) is 28.9 Å². The van der Waals surface area contributed by atoms with Gasteiger partial charge in [-0.05, 0) is 50.9 Å². The average Bonchev–Trinajstić information content (AvgIpc) is 2.71. The minimum Gasteiger partial charge on any atom is -0.478 e. The summed E-state index contributed by atoms with van der Waals surface area (Å²) in [5.41, 5.74) is -3.12. The van der Waals surface area contributed by atoms with Gasteiger partial charge >= 0.3 is 19.3 Å². The number of carboxylic acid groups (broad SMARTS) is 1. The fraction of sp³-hybridized carbons (Fsp3) is 0.471. The van der Waals surface area contributed by atoms with Gasteiger partial charge in [0.15, 0.2) is 0 Å². The van der Waals surface area contributed by atoms with E-state index in [4.69, 9.17) is 14.4 Å². The summed E-state index contributed by atoms with van der Waals surface area (Å²) in [4.78, 5) is 11.0. The van der Waals surface area contributed by atoms with Crippen molar-refractivity contribution in [2.24, 2.45) is 0 Å². The molecule has 1 heterocycles. The second-order valence-electron chi connectivity index (χ2n) is 7.07. The molecular formula is C17H20BF3O5. The van der Waals surface area contributed by atoms with Crippen LogP contribution in [0, 0.1) is 0 Å². The minimum atomic E-state index is -4.82. The molecule has 9 heteroatoms. The van der Waals surface area contributed by atoms with E-state index in [-0.39, 0.29) is 11.0 Å². The number of aliphatic hydroxyl groups excluding tert-OH is 1. The van der Waals surface area contributed by atoms with Crippen LogP contribution >= 0.6 is 0 Å². The fourth-order valence-electron chi connectivity index (χ4n) is 2.47. The topological polar surface area (TPSA) is 76.0 Å². The van der Waals surface area contributed by atoms with Crippen molar-refractivity contribution in [1.82, 2.24) is 0 Å². The molecule has 0 aromatic heterocycles. The summed E-state index contributed by atoms with van der Waals surface area (Å²) in [6.45, 7) is 6.76. The molecule has 0 bridgehead atoms. The molecule has 1 aliphatic rings. The zero-order valence-electron chi connectivity index (χ0n) is 14.8. The fourth-order valence-corrected chi connectivity index (χ4v) is 2.47. The second-order valence-corrected chi connectivity index (χ2v) is 7.07. The molecular weight excluding hydrogens is 352 g/mol. The van der Waals surface area contributed by atoms with Gasteiger partial charge < -0.3 is 19.5 Å². The van der Waals surface area contributed by atoms with Crippen molar-refractivity contribution in [1.29, 1.82) is 0 Å². The lowest BCUT2D eigenvalue weighted by Gasteiger charge is -2.32. The second kappa shape index (κ2) is 6.72. The molecule has 2 rings (SSSR count). The van der Waals surface area contributed by atoms with Gasteiger partial charge in [-0.3, -0.25) is 0 Å². The first-order chi connectivity index (χ1) is 11.8. The quantitative estimate of drug-likeness (QED) is 0.793. The Kier molecular flexibility index (Phi) is 5.29. The number of alkyl halides is 3. The maximum atomic E-state index is 13.1. The van der Waals surface area contributed by atoms with Crippen LogP contribution in [-0.4, -0.2) is 41.1 Å². The van der Waals surface area contributed by atoms with Crippen molar-refractivity contribution in [3.63, 3.8) is 0 Å². The Hall–Kier alpha value is -1.84. The summed E-state index contributed by atoms with van der Waals surface area (Å²) >= 11 is 0. The number of carbonyl (C=O) groups is 1. The van der Waals surface area contributed by atoms with E-state index in [2.05, 4.69) is 0 Å². The Morgan fingerprint density at radius 3 is 2.15 bits per heavy atom. The minimum absolute atomic E-state index is 0.0843. The van der Waals surface area contributed by atoms with E-state index in [1.54, 1.807) is 0 Å². The van der Waals surface area contributed by atoms with E-state index in [1.807, 2.05) is 27.7 Å². The van der Waals surface area contributed by atoms with E-state index < -0.39 is 48.2 Å². The normalized spacial score (nSPS) is 19.7. The van der Waals surface area contributed by atoms with Crippen molar-refractivity contribution >= 4 is 19.2 Å². The molecule has 0 amide bonds. The highest BCUT2D eigenvalue weighted by Gasteiger charge is 2.52. The number of hydrogen-bond donors (Lipinski definition) is 2. The number of hydrogen-bond acceptors (Lipinski definition) is 4. The molecule has 1 saturated heterocycles. The van der Waals surface area contributed by atoms with Crippen LogP contribution in [0.5, 0.6) is 0 Å². The van der Waals surface area contributed by atoms with Gasteiger partial charge in [0.1, 0.15) is 0 Å². The first-order valence-corrected chi connectivity index (χ1v) is 7.90. The molecule has 5 nitrogen and oxygen atoms in total. The maximum absolute atomic E-state index is 13.1. The zero-order valence-corrected chi connectivity index (χ0v) is 14.8. The summed E-state index contributed by atoms with van der Waals surface area (Å²) in [5.74, 6) is -1.67. The van der Waals surface area contributed by atoms with Crippen molar-refractivity contribution < 1.29 is 37.5 Å². The summed E-state index contributed by atoms with van der Waals surface area (Å²) in [6.07, 6.45) is -3.51. The highest BCUT2D eigenvalue weighted by Crippen LogP contribution is 2.39. The number of aliphatic hydroxyl groups is 1. The van der Waals surface area contributed by atoms with Gasteiger partial charge in [0.25, 0.3) is 0 Å². The highest BCUT2D eigenvalue weighted by atomic mass is 19.4. The van der Waals surface area contributed by atoms with E-state index in [9.17, 15) is 23.1 Å². The molecule has 142 valence electrons. The third-order valence-corrected chi connectivity index (χ3v) is 4.67. The summed E-state index contributed by atoms with van der Waals surface area (Å²) < 4.78 is 51.0. The Morgan fingerprint density at radius 2 is 1.73 bits per heavy atom. The third-order valence-electron chi connectivity index (χ3n) is 4.67. The first kappa shape index (κ1) is 20.5. The largest absolute Gasteiger partial charge is 0.492 e. The molecule has 2 N–H and O–H groups in total. The van der Waals surface area contributed by atoms with Crippen molar-refractivity contribution in [3.05, 3.63) is 40.4 Å². The van der Waals surface area contributed by atoms with Crippen LogP contribution in [-0.2, 0) is 15.5 Å². The molecule has 1 aromatic rings. The Morgan fingerprint density at radius 1 is 1.19 bits per heavy atom. The SMILES string of the molecule is CC1(C)OB(C(=Cc2ccc(C(=O)O)c(C(F)(F)F)c2)CO)OC1(C)C. The molecule has 0 unspecified atom stereocenters. The van der Waals surface area contributed by atoms with Crippen LogP contribution in [0.3, 0.4) is 0 Å². The zero-order chi connectivity index (χ0) is 19.9. The number of halogens is 3. The van der Waals surface area contributed by atoms with Crippen molar-refractivity contribution in [2.75, 3.05) is 6.61 Å². The molecule has 1 aromatic carbocycles. The van der Waals surface area contributed by atoms with Crippen LogP contribution in [0.2, 0.25) is 0 Å². The smallest absolute Gasteiger partial charge is 0.478 e. The number of benzene rings is 1. The number of carboxylic acids is 1. The van der Waals surface area contributed by atoms with Crippen molar-refractivity contribution in [2.45, 2.75) is 45.1 Å². The molecule has 0 atom stereocenters. The van der Waals surface area contributed by atoms with Crippen LogP contribution < -0.4 is 0 Å². The van der Waals surface area contributed by atoms with Crippen LogP contribution in [0.25, 0.3) is 6.08 Å². The summed E-state index contributed by atoms with van der Waals surface area (Å²) in [6, 6.07) is 2.85. The Balaban J connectivity index is 2.43. The van der Waals surface area contributed by atoms with E-state index in [0.29, 0.717) is 0 Å². The predicted molar refractivity (Wildman–Crippen MR) is 89.5 cm³/mol. The molecule has 0 saturated carbocycles. The highest BCUT2D eigenvalue weighted by molar-refractivity contribution is 6.55. The first-order valence-electron chi connectivity index (χ1n) is 7.90. The Bertz CT molecular complexity index is 724. The molecule has 0 spiro atoms. The van der Waals surface area contributed by atoms with E-state index >= 15 is 0 Å². The third kappa shape index (κ3) is 3.95. The molecule has 26 heavy (non-hydrogen) atoms. The summed E-state index contributed by atoms with van der Waals surface area (Å²) in [5, 5.41) is 18.6. The average molecular weight is 372 g/mol. The van der Waals surface area contributed by atoms with E-state index in [1.165, 1.54) is 12.1 Å². The monoisotopic (exact) mass is 372 g/mol. The molecule has 0 radical (unpaired) electrons. The molecule has 1 fully saturated rings. The van der Waals surface area contributed by atoms with Gasteiger partial charge in [-0.15, -0.1) is 0 Å². The van der Waals surface area contributed by atoms with Gasteiger partial charge in [-0.25, -0.2) is 4.79 Å². The number of aromatic carboxylic acids is 1. The Labute approximate surface area is 149 Å². The van der Waals surface area contributed by atoms with Gasteiger partial charge in [0, 0.05) is 0 Å². The van der Waals surface area contributed by atoms with Crippen LogP contribution in [0.4, 0.5) is 13.2 Å². The van der Waals surface area contributed by atoms with Gasteiger partial charge in [0.2, 0.25) is 0 Å². The number of rotatable bonds is 4. The lowest BCUT2D eigenvalue weighted by atomic mass is 9.77. The lowest BCUT2D eigenvalue weighted by Crippen LogP contribution is -2.41. The van der Waals surface area contributed by atoms with Gasteiger partial charge in [-0.1, -0.05) is 12.1 Å². The summed E-state index contributed by atoms with van der Waals surface area (Å²) in [7, 11) is -0.918. The molecule has 1 aliphatic heterocycles. The van der Waals surface area contributed by atoms with Gasteiger partial charge in [-0.2, -0.15) is 13.2 Å². The predicted octanol–water partition coefficient (Wildman–Crippen LogP) is 3.41. The molecule has 0 aliphatic carbocycles.